The van der Waals surface area contributed by atoms with Crippen LogP contribution in [0.15, 0.2) is 65.1 Å². The zero-order valence-electron chi connectivity index (χ0n) is 20.7. The number of ether oxygens (including phenoxy) is 1. The highest BCUT2D eigenvalue weighted by Gasteiger charge is 2.19. The first-order valence-electron chi connectivity index (χ1n) is 12.3. The zero-order chi connectivity index (χ0) is 27.1. The van der Waals surface area contributed by atoms with Gasteiger partial charge in [0.05, 0.1) is 19.1 Å². The monoisotopic (exact) mass is 518 g/mol. The summed E-state index contributed by atoms with van der Waals surface area (Å²) in [6.45, 7) is 0.740. The van der Waals surface area contributed by atoms with Gasteiger partial charge in [-0.3, -0.25) is 14.9 Å². The lowest BCUT2D eigenvalue weighted by atomic mass is 10.1. The van der Waals surface area contributed by atoms with Crippen LogP contribution < -0.4 is 26.8 Å². The van der Waals surface area contributed by atoms with Gasteiger partial charge in [-0.25, -0.2) is 4.79 Å². The maximum absolute atomic E-state index is 12.3. The van der Waals surface area contributed by atoms with Crippen LogP contribution in [0.25, 0.3) is 21.9 Å². The van der Waals surface area contributed by atoms with Crippen molar-refractivity contribution in [2.75, 3.05) is 13.2 Å². The number of hydrogen-bond donors (Lipinski definition) is 5. The summed E-state index contributed by atoms with van der Waals surface area (Å²) in [7, 11) is 0. The van der Waals surface area contributed by atoms with Gasteiger partial charge < -0.3 is 31.0 Å². The van der Waals surface area contributed by atoms with Crippen LogP contribution in [0.2, 0.25) is 0 Å². The van der Waals surface area contributed by atoms with Gasteiger partial charge in [-0.1, -0.05) is 36.4 Å². The molecule has 0 unspecified atom stereocenters. The Labute approximate surface area is 218 Å². The van der Waals surface area contributed by atoms with Crippen LogP contribution in [0.4, 0.5) is 4.79 Å². The summed E-state index contributed by atoms with van der Waals surface area (Å²) < 4.78 is 12.1. The number of carbonyl (C=O) groups is 3. The van der Waals surface area contributed by atoms with Crippen LogP contribution in [-0.4, -0.2) is 42.1 Å². The minimum Gasteiger partial charge on any atom is -0.508 e. The van der Waals surface area contributed by atoms with Crippen molar-refractivity contribution in [3.8, 4) is 11.5 Å². The second kappa shape index (κ2) is 12.1. The van der Waals surface area contributed by atoms with Gasteiger partial charge in [0.15, 0.2) is 11.3 Å². The van der Waals surface area contributed by atoms with Gasteiger partial charge in [0.1, 0.15) is 11.3 Å². The molecule has 1 heterocycles. The molecule has 7 N–H and O–H groups in total. The molecule has 0 saturated carbocycles. The number of carbonyl (C=O) groups excluding carboxylic acids is 3. The van der Waals surface area contributed by atoms with E-state index in [-0.39, 0.29) is 18.1 Å². The number of fused-ring (bicyclic) bond motifs is 3. The summed E-state index contributed by atoms with van der Waals surface area (Å²) in [6.07, 6.45) is 1.52. The summed E-state index contributed by atoms with van der Waals surface area (Å²) >= 11 is 0. The molecule has 10 nitrogen and oxygen atoms in total. The van der Waals surface area contributed by atoms with Gasteiger partial charge in [-0.2, -0.15) is 0 Å². The van der Waals surface area contributed by atoms with E-state index in [1.807, 2.05) is 30.3 Å². The molecule has 4 aromatic rings. The van der Waals surface area contributed by atoms with Gasteiger partial charge in [-0.05, 0) is 49.1 Å². The van der Waals surface area contributed by atoms with E-state index in [1.165, 1.54) is 0 Å². The van der Waals surface area contributed by atoms with Crippen LogP contribution in [0, 0.1) is 0 Å². The van der Waals surface area contributed by atoms with E-state index in [1.54, 1.807) is 30.3 Å². The predicted octanol–water partition coefficient (Wildman–Crippen LogP) is 2.87. The Morgan fingerprint density at radius 3 is 2.50 bits per heavy atom. The largest absolute Gasteiger partial charge is 0.508 e. The average molecular weight is 519 g/mol. The molecule has 4 rings (SSSR count). The normalized spacial score (nSPS) is 11.8. The number of imide groups is 1. The van der Waals surface area contributed by atoms with Crippen LogP contribution in [0.5, 0.6) is 11.5 Å². The van der Waals surface area contributed by atoms with Gasteiger partial charge in [-0.15, -0.1) is 0 Å². The first-order valence-corrected chi connectivity index (χ1v) is 12.3. The van der Waals surface area contributed by atoms with E-state index >= 15 is 0 Å². The van der Waals surface area contributed by atoms with E-state index in [2.05, 4.69) is 10.6 Å². The summed E-state index contributed by atoms with van der Waals surface area (Å²) in [6, 6.07) is 16.2. The zero-order valence-corrected chi connectivity index (χ0v) is 20.7. The summed E-state index contributed by atoms with van der Waals surface area (Å²) in [5.74, 6) is -0.220. The van der Waals surface area contributed by atoms with Crippen molar-refractivity contribution in [2.24, 2.45) is 11.5 Å². The highest BCUT2D eigenvalue weighted by atomic mass is 16.5. The lowest BCUT2D eigenvalue weighted by Crippen LogP contribution is -2.42. The lowest BCUT2D eigenvalue weighted by Gasteiger charge is -2.14. The molecular weight excluding hydrogens is 488 g/mol. The van der Waals surface area contributed by atoms with Crippen LogP contribution >= 0.6 is 0 Å². The SMILES string of the molecule is NC(=O)NC(=O)Cc1ccc2c(oc3ccccc32)c1OCCCCNC(=O)[C@@H](N)Cc1ccc(O)cc1. The van der Waals surface area contributed by atoms with E-state index in [4.69, 9.17) is 20.6 Å². The summed E-state index contributed by atoms with van der Waals surface area (Å²) in [4.78, 5) is 35.6. The van der Waals surface area contributed by atoms with Crippen LogP contribution in [0.3, 0.4) is 0 Å². The molecule has 1 atom stereocenters. The summed E-state index contributed by atoms with van der Waals surface area (Å²) in [5, 5.41) is 16.0. The average Bonchev–Trinajstić information content (AvgIpc) is 3.26. The third-order valence-electron chi connectivity index (χ3n) is 6.04. The highest BCUT2D eigenvalue weighted by molar-refractivity contribution is 6.07. The Morgan fingerprint density at radius 2 is 1.74 bits per heavy atom. The predicted molar refractivity (Wildman–Crippen MR) is 143 cm³/mol. The van der Waals surface area contributed by atoms with E-state index in [9.17, 15) is 19.5 Å². The van der Waals surface area contributed by atoms with Crippen molar-refractivity contribution in [1.29, 1.82) is 0 Å². The fourth-order valence-electron chi connectivity index (χ4n) is 4.18. The molecule has 0 saturated heterocycles. The quantitative estimate of drug-likeness (QED) is 0.190. The Hall–Kier alpha value is -4.57. The molecule has 0 fully saturated rings. The topological polar surface area (TPSA) is 170 Å². The standard InChI is InChI=1S/C28H30N4O6/c29-22(15-17-7-10-19(33)11-8-17)27(35)31-13-3-4-14-37-25-18(16-24(34)32-28(30)36)9-12-21-20-5-1-2-6-23(20)38-26(21)25/h1-2,5-12,22,33H,3-4,13-16,29H2,(H,31,35)(H3,30,32,34,36)/t22-/m0/s1. The number of primary amides is 1. The van der Waals surface area contributed by atoms with Crippen LogP contribution in [-0.2, 0) is 22.4 Å². The first kappa shape index (κ1) is 26.5. The van der Waals surface area contributed by atoms with Gasteiger partial charge >= 0.3 is 6.03 Å². The Kier molecular flexibility index (Phi) is 8.44. The Morgan fingerprint density at radius 1 is 0.974 bits per heavy atom. The molecule has 0 spiro atoms. The molecule has 198 valence electrons. The smallest absolute Gasteiger partial charge is 0.318 e. The Balaban J connectivity index is 1.34. The third-order valence-corrected chi connectivity index (χ3v) is 6.04. The highest BCUT2D eigenvalue weighted by Crippen LogP contribution is 2.37. The molecule has 0 aliphatic rings. The molecule has 4 amide bonds. The molecule has 3 aromatic carbocycles. The third kappa shape index (κ3) is 6.60. The van der Waals surface area contributed by atoms with Gasteiger partial charge in [0, 0.05) is 22.9 Å². The number of benzene rings is 3. The number of aromatic hydroxyl groups is 1. The molecule has 0 bridgehead atoms. The molecule has 10 heteroatoms. The minimum absolute atomic E-state index is 0.111. The lowest BCUT2D eigenvalue weighted by molar-refractivity contribution is -0.122. The number of amides is 4. The maximum Gasteiger partial charge on any atom is 0.318 e. The number of phenolic OH excluding ortho intramolecular Hbond substituents is 1. The fourth-order valence-corrected chi connectivity index (χ4v) is 4.18. The van der Waals surface area contributed by atoms with Crippen molar-refractivity contribution in [1.82, 2.24) is 10.6 Å². The maximum atomic E-state index is 12.3. The number of phenols is 1. The number of furan rings is 1. The van der Waals surface area contributed by atoms with E-state index in [0.29, 0.717) is 54.9 Å². The van der Waals surface area contributed by atoms with Crippen molar-refractivity contribution < 1.29 is 28.6 Å². The van der Waals surface area contributed by atoms with E-state index in [0.717, 1.165) is 16.3 Å². The van der Waals surface area contributed by atoms with Crippen molar-refractivity contribution in [3.63, 3.8) is 0 Å². The number of unbranched alkanes of at least 4 members (excludes halogenated alkanes) is 1. The number of hydrogen-bond acceptors (Lipinski definition) is 7. The molecule has 38 heavy (non-hydrogen) atoms. The fraction of sp³-hybridized carbons (Fsp3) is 0.250. The summed E-state index contributed by atoms with van der Waals surface area (Å²) in [5.41, 5.74) is 13.7. The second-order valence-electron chi connectivity index (χ2n) is 8.94. The molecule has 0 radical (unpaired) electrons. The number of para-hydroxylation sites is 1. The molecule has 1 aromatic heterocycles. The molecule has 0 aliphatic carbocycles. The molecular formula is C28H30N4O6. The number of rotatable bonds is 11. The van der Waals surface area contributed by atoms with Crippen LogP contribution in [0.1, 0.15) is 24.0 Å². The van der Waals surface area contributed by atoms with Crippen molar-refractivity contribution in [2.45, 2.75) is 31.7 Å². The number of nitrogens with two attached hydrogens (primary N) is 2. The van der Waals surface area contributed by atoms with E-state index < -0.39 is 18.0 Å². The molecule has 0 aliphatic heterocycles. The number of urea groups is 1. The van der Waals surface area contributed by atoms with Crippen molar-refractivity contribution >= 4 is 39.8 Å². The Bertz CT molecular complexity index is 1450. The van der Waals surface area contributed by atoms with Crippen molar-refractivity contribution in [3.05, 3.63) is 71.8 Å². The first-order chi connectivity index (χ1) is 18.3. The second-order valence-corrected chi connectivity index (χ2v) is 8.94. The van der Waals surface area contributed by atoms with Gasteiger partial charge in [0.25, 0.3) is 0 Å². The number of nitrogens with one attached hydrogen (secondary N) is 2. The minimum atomic E-state index is -0.924. The van der Waals surface area contributed by atoms with Gasteiger partial charge in [0.2, 0.25) is 11.8 Å².